The van der Waals surface area contributed by atoms with E-state index in [0.717, 1.165) is 19.3 Å². The number of benzene rings is 1. The van der Waals surface area contributed by atoms with E-state index < -0.39 is 10.0 Å². The molecule has 6 heteroatoms. The van der Waals surface area contributed by atoms with Crippen molar-refractivity contribution in [2.75, 3.05) is 11.9 Å². The number of nitrogens with one attached hydrogen (secondary N) is 2. The number of hydrogen-bond donors (Lipinski definition) is 2. The highest BCUT2D eigenvalue weighted by atomic mass is 32.2. The molecule has 0 bridgehead atoms. The van der Waals surface area contributed by atoms with Crippen LogP contribution in [0, 0.1) is 5.92 Å². The summed E-state index contributed by atoms with van der Waals surface area (Å²) >= 11 is 0. The third-order valence-electron chi connectivity index (χ3n) is 3.31. The van der Waals surface area contributed by atoms with Crippen molar-refractivity contribution in [2.24, 2.45) is 5.92 Å². The standard InChI is InChI=1S/C15H24N2O3S/c1-4-6-11-16-21(19,20)14-9-7-13(8-10-14)17-15(18)12(3)5-2/h7-10,12,16H,4-6,11H2,1-3H3,(H,17,18). The average Bonchev–Trinajstić information content (AvgIpc) is 2.47. The highest BCUT2D eigenvalue weighted by Gasteiger charge is 2.14. The highest BCUT2D eigenvalue weighted by Crippen LogP contribution is 2.15. The summed E-state index contributed by atoms with van der Waals surface area (Å²) < 4.78 is 26.5. The van der Waals surface area contributed by atoms with Gasteiger partial charge in [-0.15, -0.1) is 0 Å². The van der Waals surface area contributed by atoms with Gasteiger partial charge in [-0.3, -0.25) is 4.79 Å². The minimum Gasteiger partial charge on any atom is -0.326 e. The first-order valence-corrected chi connectivity index (χ1v) is 8.79. The Labute approximate surface area is 127 Å². The van der Waals surface area contributed by atoms with E-state index >= 15 is 0 Å². The first-order valence-electron chi connectivity index (χ1n) is 7.31. The lowest BCUT2D eigenvalue weighted by molar-refractivity contribution is -0.119. The molecule has 2 N–H and O–H groups in total. The molecule has 0 heterocycles. The number of carbonyl (C=O) groups is 1. The van der Waals surface area contributed by atoms with E-state index in [1.54, 1.807) is 12.1 Å². The smallest absolute Gasteiger partial charge is 0.240 e. The van der Waals surface area contributed by atoms with Gasteiger partial charge in [0.1, 0.15) is 0 Å². The van der Waals surface area contributed by atoms with Gasteiger partial charge in [0.05, 0.1) is 4.90 Å². The largest absolute Gasteiger partial charge is 0.326 e. The summed E-state index contributed by atoms with van der Waals surface area (Å²) in [5, 5.41) is 2.77. The Morgan fingerprint density at radius 1 is 1.19 bits per heavy atom. The lowest BCUT2D eigenvalue weighted by Crippen LogP contribution is -2.24. The number of anilines is 1. The fraction of sp³-hybridized carbons (Fsp3) is 0.533. The van der Waals surface area contributed by atoms with Crippen molar-refractivity contribution < 1.29 is 13.2 Å². The average molecular weight is 312 g/mol. The Hall–Kier alpha value is -1.40. The molecule has 0 aliphatic heterocycles. The minimum atomic E-state index is -3.46. The molecule has 0 spiro atoms. The number of sulfonamides is 1. The molecule has 0 aliphatic carbocycles. The zero-order valence-corrected chi connectivity index (χ0v) is 13.7. The third-order valence-corrected chi connectivity index (χ3v) is 4.79. The van der Waals surface area contributed by atoms with Crippen LogP contribution >= 0.6 is 0 Å². The first kappa shape index (κ1) is 17.7. The van der Waals surface area contributed by atoms with Crippen molar-refractivity contribution in [3.63, 3.8) is 0 Å². The predicted molar refractivity (Wildman–Crippen MR) is 84.6 cm³/mol. The Morgan fingerprint density at radius 2 is 1.81 bits per heavy atom. The molecule has 0 saturated heterocycles. The zero-order valence-electron chi connectivity index (χ0n) is 12.8. The maximum absolute atomic E-state index is 12.0. The van der Waals surface area contributed by atoms with E-state index in [0.29, 0.717) is 12.2 Å². The van der Waals surface area contributed by atoms with Gasteiger partial charge in [-0.25, -0.2) is 13.1 Å². The van der Waals surface area contributed by atoms with Gasteiger partial charge in [0.25, 0.3) is 0 Å². The number of rotatable bonds is 8. The summed E-state index contributed by atoms with van der Waals surface area (Å²) in [5.74, 6) is -0.127. The number of hydrogen-bond acceptors (Lipinski definition) is 3. The third kappa shape index (κ3) is 5.47. The Kier molecular flexibility index (Phi) is 6.84. The second-order valence-electron chi connectivity index (χ2n) is 5.07. The van der Waals surface area contributed by atoms with Gasteiger partial charge in [0, 0.05) is 18.2 Å². The number of carbonyl (C=O) groups excluding carboxylic acids is 1. The molecule has 0 saturated carbocycles. The van der Waals surface area contributed by atoms with Crippen LogP contribution in [0.15, 0.2) is 29.2 Å². The van der Waals surface area contributed by atoms with Crippen molar-refractivity contribution in [3.05, 3.63) is 24.3 Å². The van der Waals surface area contributed by atoms with Gasteiger partial charge < -0.3 is 5.32 Å². The van der Waals surface area contributed by atoms with Gasteiger partial charge in [0.15, 0.2) is 0 Å². The van der Waals surface area contributed by atoms with Gasteiger partial charge in [-0.05, 0) is 37.1 Å². The molecule has 21 heavy (non-hydrogen) atoms. The van der Waals surface area contributed by atoms with Crippen molar-refractivity contribution in [3.8, 4) is 0 Å². The normalized spacial score (nSPS) is 12.9. The van der Waals surface area contributed by atoms with Crippen LogP contribution in [-0.4, -0.2) is 20.9 Å². The molecule has 0 aliphatic rings. The molecule has 0 fully saturated rings. The van der Waals surface area contributed by atoms with Crippen LogP contribution in [-0.2, 0) is 14.8 Å². The van der Waals surface area contributed by atoms with Crippen LogP contribution in [0.4, 0.5) is 5.69 Å². The summed E-state index contributed by atoms with van der Waals surface area (Å²) in [6, 6.07) is 6.21. The molecule has 5 nitrogen and oxygen atoms in total. The highest BCUT2D eigenvalue weighted by molar-refractivity contribution is 7.89. The molecule has 1 atom stereocenters. The van der Waals surface area contributed by atoms with Gasteiger partial charge in [-0.1, -0.05) is 27.2 Å². The Balaban J connectivity index is 2.71. The monoisotopic (exact) mass is 312 g/mol. The maximum Gasteiger partial charge on any atom is 0.240 e. The summed E-state index contributed by atoms with van der Waals surface area (Å²) in [6.45, 7) is 6.24. The quantitative estimate of drug-likeness (QED) is 0.725. The van der Waals surface area contributed by atoms with E-state index in [1.165, 1.54) is 12.1 Å². The predicted octanol–water partition coefficient (Wildman–Crippen LogP) is 2.75. The van der Waals surface area contributed by atoms with E-state index in [-0.39, 0.29) is 16.7 Å². The minimum absolute atomic E-state index is 0.0609. The topological polar surface area (TPSA) is 75.3 Å². The molecule has 1 aromatic rings. The zero-order chi connectivity index (χ0) is 15.9. The number of amides is 1. The molecule has 1 unspecified atom stereocenters. The van der Waals surface area contributed by atoms with Crippen LogP contribution in [0.25, 0.3) is 0 Å². The fourth-order valence-corrected chi connectivity index (χ4v) is 2.71. The SMILES string of the molecule is CCCCNS(=O)(=O)c1ccc(NC(=O)C(C)CC)cc1. The molecule has 1 aromatic carbocycles. The Morgan fingerprint density at radius 3 is 2.33 bits per heavy atom. The van der Waals surface area contributed by atoms with Gasteiger partial charge >= 0.3 is 0 Å². The van der Waals surface area contributed by atoms with Crippen molar-refractivity contribution in [1.29, 1.82) is 0 Å². The van der Waals surface area contributed by atoms with Crippen molar-refractivity contribution in [1.82, 2.24) is 4.72 Å². The Bertz CT molecular complexity index is 553. The summed E-state index contributed by atoms with van der Waals surface area (Å²) in [5.41, 5.74) is 0.604. The molecular weight excluding hydrogens is 288 g/mol. The molecule has 118 valence electrons. The van der Waals surface area contributed by atoms with E-state index in [4.69, 9.17) is 0 Å². The van der Waals surface area contributed by atoms with Gasteiger partial charge in [-0.2, -0.15) is 0 Å². The first-order chi connectivity index (χ1) is 9.90. The van der Waals surface area contributed by atoms with Crippen LogP contribution < -0.4 is 10.0 Å². The molecule has 0 radical (unpaired) electrons. The van der Waals surface area contributed by atoms with Crippen LogP contribution in [0.2, 0.25) is 0 Å². The second-order valence-corrected chi connectivity index (χ2v) is 6.84. The molecule has 1 rings (SSSR count). The van der Waals surface area contributed by atoms with Crippen molar-refractivity contribution in [2.45, 2.75) is 44.9 Å². The lowest BCUT2D eigenvalue weighted by atomic mass is 10.1. The lowest BCUT2D eigenvalue weighted by Gasteiger charge is -2.11. The summed E-state index contributed by atoms with van der Waals surface area (Å²) in [7, 11) is -3.46. The van der Waals surface area contributed by atoms with Gasteiger partial charge in [0.2, 0.25) is 15.9 Å². The summed E-state index contributed by atoms with van der Waals surface area (Å²) in [4.78, 5) is 12.0. The second kappa shape index (κ2) is 8.14. The van der Waals surface area contributed by atoms with E-state index in [1.807, 2.05) is 20.8 Å². The molecule has 0 aromatic heterocycles. The fourth-order valence-electron chi connectivity index (χ4n) is 1.63. The van der Waals surface area contributed by atoms with Crippen LogP contribution in [0.1, 0.15) is 40.0 Å². The maximum atomic E-state index is 12.0. The van der Waals surface area contributed by atoms with Crippen LogP contribution in [0.5, 0.6) is 0 Å². The summed E-state index contributed by atoms with van der Waals surface area (Å²) in [6.07, 6.45) is 2.50. The van der Waals surface area contributed by atoms with Crippen molar-refractivity contribution >= 4 is 21.6 Å². The number of unbranched alkanes of at least 4 members (excludes halogenated alkanes) is 1. The van der Waals surface area contributed by atoms with E-state index in [9.17, 15) is 13.2 Å². The van der Waals surface area contributed by atoms with Crippen LogP contribution in [0.3, 0.4) is 0 Å². The molecular formula is C15H24N2O3S. The molecule has 1 amide bonds. The van der Waals surface area contributed by atoms with E-state index in [2.05, 4.69) is 10.0 Å².